The van der Waals surface area contributed by atoms with E-state index >= 15 is 0 Å². The van der Waals surface area contributed by atoms with Crippen molar-refractivity contribution in [3.8, 4) is 5.75 Å². The Morgan fingerprint density at radius 2 is 1.81 bits per heavy atom. The summed E-state index contributed by atoms with van der Waals surface area (Å²) >= 11 is 0. The van der Waals surface area contributed by atoms with Crippen LogP contribution in [-0.2, 0) is 14.8 Å². The largest absolute Gasteiger partial charge is 0.573 e. The van der Waals surface area contributed by atoms with Gasteiger partial charge in [-0.05, 0) is 42.8 Å². The SMILES string of the molecule is Cc1ccc(NC(=O)CCNS(=O)(=O)c2ccc(OC(F)(F)F)cc2)nc1. The molecule has 0 radical (unpaired) electrons. The molecule has 0 aliphatic rings. The first-order valence-electron chi connectivity index (χ1n) is 7.63. The number of carbonyl (C=O) groups excluding carboxylic acids is 1. The number of anilines is 1. The van der Waals surface area contributed by atoms with E-state index in [-0.39, 0.29) is 17.9 Å². The number of pyridine rings is 1. The lowest BCUT2D eigenvalue weighted by molar-refractivity contribution is -0.274. The summed E-state index contributed by atoms with van der Waals surface area (Å²) in [5.74, 6) is -0.636. The molecule has 1 aromatic heterocycles. The van der Waals surface area contributed by atoms with Crippen molar-refractivity contribution < 1.29 is 31.1 Å². The van der Waals surface area contributed by atoms with E-state index in [1.54, 1.807) is 18.3 Å². The van der Waals surface area contributed by atoms with Gasteiger partial charge in [0.25, 0.3) is 0 Å². The Balaban J connectivity index is 1.87. The smallest absolute Gasteiger partial charge is 0.406 e. The minimum absolute atomic E-state index is 0.149. The minimum Gasteiger partial charge on any atom is -0.406 e. The number of ether oxygens (including phenoxy) is 1. The maximum Gasteiger partial charge on any atom is 0.573 e. The predicted molar refractivity (Wildman–Crippen MR) is 90.5 cm³/mol. The lowest BCUT2D eigenvalue weighted by Crippen LogP contribution is -2.28. The number of rotatable bonds is 7. The first-order chi connectivity index (χ1) is 12.5. The number of amides is 1. The van der Waals surface area contributed by atoms with E-state index in [0.29, 0.717) is 5.82 Å². The van der Waals surface area contributed by atoms with Crippen LogP contribution in [0.4, 0.5) is 19.0 Å². The molecule has 2 rings (SSSR count). The highest BCUT2D eigenvalue weighted by atomic mass is 32.2. The molecule has 0 saturated carbocycles. The molecule has 2 aromatic rings. The fraction of sp³-hybridized carbons (Fsp3) is 0.250. The van der Waals surface area contributed by atoms with Crippen LogP contribution in [0.25, 0.3) is 0 Å². The second-order valence-electron chi connectivity index (χ2n) is 5.44. The zero-order chi connectivity index (χ0) is 20.1. The van der Waals surface area contributed by atoms with Crippen molar-refractivity contribution >= 4 is 21.7 Å². The number of benzene rings is 1. The molecule has 0 saturated heterocycles. The van der Waals surface area contributed by atoms with Gasteiger partial charge in [-0.1, -0.05) is 6.07 Å². The van der Waals surface area contributed by atoms with E-state index < -0.39 is 28.0 Å². The third-order valence-electron chi connectivity index (χ3n) is 3.19. The molecule has 0 spiro atoms. The van der Waals surface area contributed by atoms with Gasteiger partial charge in [-0.25, -0.2) is 18.1 Å². The summed E-state index contributed by atoms with van der Waals surface area (Å²) in [6, 6.07) is 7.09. The van der Waals surface area contributed by atoms with E-state index in [2.05, 4.69) is 19.8 Å². The molecule has 146 valence electrons. The standard InChI is InChI=1S/C16H16F3N3O4S/c1-11-2-7-14(20-10-11)22-15(23)8-9-21-27(24,25)13-5-3-12(4-6-13)26-16(17,18)19/h2-7,10,21H,8-9H2,1H3,(H,20,22,23). The van der Waals surface area contributed by atoms with Crippen molar-refractivity contribution in [2.24, 2.45) is 0 Å². The molecule has 0 atom stereocenters. The quantitative estimate of drug-likeness (QED) is 0.741. The highest BCUT2D eigenvalue weighted by Crippen LogP contribution is 2.23. The van der Waals surface area contributed by atoms with Gasteiger partial charge in [-0.2, -0.15) is 0 Å². The second-order valence-corrected chi connectivity index (χ2v) is 7.20. The molecule has 0 aliphatic heterocycles. The minimum atomic E-state index is -4.86. The van der Waals surface area contributed by atoms with Crippen LogP contribution in [0.15, 0.2) is 47.5 Å². The predicted octanol–water partition coefficient (Wildman–Crippen LogP) is 2.60. The average molecular weight is 403 g/mol. The highest BCUT2D eigenvalue weighted by Gasteiger charge is 2.31. The van der Waals surface area contributed by atoms with Crippen LogP contribution in [0, 0.1) is 6.92 Å². The molecule has 0 unspecified atom stereocenters. The Labute approximate surface area is 153 Å². The molecule has 11 heteroatoms. The van der Waals surface area contributed by atoms with Crippen molar-refractivity contribution in [2.45, 2.75) is 24.6 Å². The van der Waals surface area contributed by atoms with E-state index in [0.717, 1.165) is 29.8 Å². The number of nitrogens with zero attached hydrogens (tertiary/aromatic N) is 1. The fourth-order valence-corrected chi connectivity index (χ4v) is 2.98. The molecule has 27 heavy (non-hydrogen) atoms. The third kappa shape index (κ3) is 6.87. The van der Waals surface area contributed by atoms with Crippen LogP contribution in [0.5, 0.6) is 5.75 Å². The van der Waals surface area contributed by atoms with Crippen molar-refractivity contribution in [1.29, 1.82) is 0 Å². The molecule has 0 aliphatic carbocycles. The van der Waals surface area contributed by atoms with Crippen molar-refractivity contribution in [2.75, 3.05) is 11.9 Å². The number of halogens is 3. The molecular formula is C16H16F3N3O4S. The maximum atomic E-state index is 12.1. The molecule has 0 bridgehead atoms. The monoisotopic (exact) mass is 403 g/mol. The van der Waals surface area contributed by atoms with Gasteiger partial charge in [-0.15, -0.1) is 13.2 Å². The Bertz CT molecular complexity index is 883. The van der Waals surface area contributed by atoms with Crippen LogP contribution in [0.1, 0.15) is 12.0 Å². The fourth-order valence-electron chi connectivity index (χ4n) is 1.95. The maximum absolute atomic E-state index is 12.1. The normalized spacial score (nSPS) is 11.9. The number of sulfonamides is 1. The first-order valence-corrected chi connectivity index (χ1v) is 9.11. The topological polar surface area (TPSA) is 97.4 Å². The number of aromatic nitrogens is 1. The van der Waals surface area contributed by atoms with E-state index in [1.165, 1.54) is 0 Å². The van der Waals surface area contributed by atoms with E-state index in [4.69, 9.17) is 0 Å². The average Bonchev–Trinajstić information content (AvgIpc) is 2.56. The van der Waals surface area contributed by atoms with Gasteiger partial charge in [0, 0.05) is 19.2 Å². The Hall–Kier alpha value is -2.66. The number of hydrogen-bond acceptors (Lipinski definition) is 5. The summed E-state index contributed by atoms with van der Waals surface area (Å²) in [6.45, 7) is 1.65. The summed E-state index contributed by atoms with van der Waals surface area (Å²) in [7, 11) is -3.98. The number of nitrogens with one attached hydrogen (secondary N) is 2. The zero-order valence-electron chi connectivity index (χ0n) is 14.1. The Kier molecular flexibility index (Phi) is 6.39. The van der Waals surface area contributed by atoms with Crippen LogP contribution in [0.2, 0.25) is 0 Å². The highest BCUT2D eigenvalue weighted by molar-refractivity contribution is 7.89. The summed E-state index contributed by atoms with van der Waals surface area (Å²) in [4.78, 5) is 15.5. The van der Waals surface area contributed by atoms with Crippen molar-refractivity contribution in [3.05, 3.63) is 48.2 Å². The Morgan fingerprint density at radius 1 is 1.15 bits per heavy atom. The third-order valence-corrected chi connectivity index (χ3v) is 4.67. The molecule has 0 fully saturated rings. The van der Waals surface area contributed by atoms with E-state index in [9.17, 15) is 26.4 Å². The zero-order valence-corrected chi connectivity index (χ0v) is 14.9. The number of hydrogen-bond donors (Lipinski definition) is 2. The van der Waals surface area contributed by atoms with Crippen molar-refractivity contribution in [3.63, 3.8) is 0 Å². The summed E-state index contributed by atoms with van der Waals surface area (Å²) < 4.78 is 66.3. The molecule has 1 amide bonds. The molecular weight excluding hydrogens is 387 g/mol. The van der Waals surface area contributed by atoms with Crippen molar-refractivity contribution in [1.82, 2.24) is 9.71 Å². The molecule has 1 heterocycles. The summed E-state index contributed by atoms with van der Waals surface area (Å²) in [5, 5.41) is 2.52. The second kappa shape index (κ2) is 8.35. The number of carbonyl (C=O) groups is 1. The Morgan fingerprint density at radius 3 is 2.37 bits per heavy atom. The molecule has 2 N–H and O–H groups in total. The van der Waals surface area contributed by atoms with Gasteiger partial charge < -0.3 is 10.1 Å². The van der Waals surface area contributed by atoms with Gasteiger partial charge in [0.05, 0.1) is 4.90 Å². The van der Waals surface area contributed by atoms with Gasteiger partial charge in [0.15, 0.2) is 0 Å². The first kappa shape index (κ1) is 20.6. The lowest BCUT2D eigenvalue weighted by Gasteiger charge is -2.10. The summed E-state index contributed by atoms with van der Waals surface area (Å²) in [6.07, 6.45) is -3.44. The van der Waals surface area contributed by atoms with Crippen LogP contribution >= 0.6 is 0 Å². The van der Waals surface area contributed by atoms with Crippen LogP contribution < -0.4 is 14.8 Å². The number of aryl methyl sites for hydroxylation is 1. The molecule has 1 aromatic carbocycles. The lowest BCUT2D eigenvalue weighted by atomic mass is 10.3. The van der Waals surface area contributed by atoms with Gasteiger partial charge in [-0.3, -0.25) is 4.79 Å². The molecule has 7 nitrogen and oxygen atoms in total. The summed E-state index contributed by atoms with van der Waals surface area (Å²) in [5.41, 5.74) is 0.924. The van der Waals surface area contributed by atoms with Gasteiger partial charge >= 0.3 is 6.36 Å². The van der Waals surface area contributed by atoms with Crippen LogP contribution in [0.3, 0.4) is 0 Å². The van der Waals surface area contributed by atoms with Gasteiger partial charge in [0.1, 0.15) is 11.6 Å². The van der Waals surface area contributed by atoms with E-state index in [1.807, 2.05) is 6.92 Å². The van der Waals surface area contributed by atoms with Crippen LogP contribution in [-0.4, -0.2) is 32.2 Å². The van der Waals surface area contributed by atoms with Gasteiger partial charge in [0.2, 0.25) is 15.9 Å². The number of alkyl halides is 3.